The zero-order chi connectivity index (χ0) is 32.4. The fourth-order valence-corrected chi connectivity index (χ4v) is 9.31. The SMILES string of the molecule is C[C@@]12SC(c3ccc(OCCCN)cc3)=CC1=C1C(=C3C=C(c4ccc(OCCCN)cc4)S[C@]32C)C(F)(F)C(F)(F)C1(F)F. The van der Waals surface area contributed by atoms with E-state index in [9.17, 15) is 0 Å². The average molecular weight is 667 g/mol. The fraction of sp³-hybridized carbons (Fsp3) is 0.394. The molecule has 2 aliphatic heterocycles. The van der Waals surface area contributed by atoms with Gasteiger partial charge in [0.05, 0.1) is 22.7 Å². The van der Waals surface area contributed by atoms with Crippen molar-refractivity contribution in [3.05, 3.63) is 94.1 Å². The number of hydrogen-bond acceptors (Lipinski definition) is 6. The van der Waals surface area contributed by atoms with Gasteiger partial charge in [0, 0.05) is 21.0 Å². The van der Waals surface area contributed by atoms with Crippen molar-refractivity contribution in [3.8, 4) is 11.5 Å². The maximum Gasteiger partial charge on any atom is 0.380 e. The molecule has 45 heavy (non-hydrogen) atoms. The van der Waals surface area contributed by atoms with Crippen LogP contribution in [0.5, 0.6) is 11.5 Å². The average Bonchev–Trinajstić information content (AvgIpc) is 3.58. The molecule has 6 rings (SSSR count). The smallest absolute Gasteiger partial charge is 0.380 e. The number of nitrogens with two attached hydrogens (primary N) is 2. The zero-order valence-electron chi connectivity index (χ0n) is 24.6. The number of rotatable bonds is 10. The minimum atomic E-state index is -5.61. The van der Waals surface area contributed by atoms with Crippen LogP contribution in [0, 0.1) is 0 Å². The number of fused-ring (bicyclic) bond motifs is 4. The summed E-state index contributed by atoms with van der Waals surface area (Å²) in [5, 5.41) is 0. The number of alkyl halides is 6. The van der Waals surface area contributed by atoms with Gasteiger partial charge in [0.15, 0.2) is 0 Å². The summed E-state index contributed by atoms with van der Waals surface area (Å²) >= 11 is 2.44. The second-order valence-corrected chi connectivity index (χ2v) is 14.5. The number of ether oxygens (including phenoxy) is 2. The number of allylic oxidation sites excluding steroid dienone is 4. The van der Waals surface area contributed by atoms with Crippen LogP contribution >= 0.6 is 23.5 Å². The molecule has 1 saturated carbocycles. The first-order chi connectivity index (χ1) is 21.2. The normalized spacial score (nSPS) is 27.2. The van der Waals surface area contributed by atoms with Crippen LogP contribution in [0.2, 0.25) is 0 Å². The van der Waals surface area contributed by atoms with Gasteiger partial charge in [0.25, 0.3) is 0 Å². The Hall–Kier alpha value is -2.80. The molecule has 0 aromatic heterocycles. The molecule has 0 saturated heterocycles. The van der Waals surface area contributed by atoms with Crippen molar-refractivity contribution >= 4 is 33.3 Å². The summed E-state index contributed by atoms with van der Waals surface area (Å²) in [4.78, 5) is 1.02. The summed E-state index contributed by atoms with van der Waals surface area (Å²) in [6, 6.07) is 13.8. The molecule has 2 atom stereocenters. The van der Waals surface area contributed by atoms with Gasteiger partial charge < -0.3 is 20.9 Å². The van der Waals surface area contributed by atoms with E-state index in [1.54, 1.807) is 62.4 Å². The topological polar surface area (TPSA) is 70.5 Å². The van der Waals surface area contributed by atoms with Gasteiger partial charge in [-0.1, -0.05) is 24.3 Å². The van der Waals surface area contributed by atoms with Crippen LogP contribution in [-0.4, -0.2) is 53.6 Å². The van der Waals surface area contributed by atoms with Crippen LogP contribution in [0.4, 0.5) is 26.3 Å². The Kier molecular flexibility index (Phi) is 7.98. The molecule has 0 bridgehead atoms. The number of halogens is 6. The van der Waals surface area contributed by atoms with Crippen LogP contribution in [0.15, 0.2) is 83.0 Å². The molecule has 12 heteroatoms. The van der Waals surface area contributed by atoms with E-state index in [2.05, 4.69) is 0 Å². The molecular weight excluding hydrogens is 634 g/mol. The highest BCUT2D eigenvalue weighted by Gasteiger charge is 2.84. The minimum Gasteiger partial charge on any atom is -0.494 e. The summed E-state index contributed by atoms with van der Waals surface area (Å²) in [7, 11) is 0. The monoisotopic (exact) mass is 666 g/mol. The first kappa shape index (κ1) is 32.2. The van der Waals surface area contributed by atoms with Crippen molar-refractivity contribution in [2.75, 3.05) is 26.3 Å². The minimum absolute atomic E-state index is 0.209. The molecule has 0 spiro atoms. The lowest BCUT2D eigenvalue weighted by Crippen LogP contribution is -2.48. The van der Waals surface area contributed by atoms with Gasteiger partial charge in [-0.2, -0.15) is 26.3 Å². The summed E-state index contributed by atoms with van der Waals surface area (Å²) in [6.45, 7) is 5.14. The van der Waals surface area contributed by atoms with Gasteiger partial charge in [-0.25, -0.2) is 0 Å². The van der Waals surface area contributed by atoms with E-state index in [1.165, 1.54) is 35.7 Å². The molecule has 240 valence electrons. The second kappa shape index (κ2) is 11.2. The highest BCUT2D eigenvalue weighted by molar-refractivity contribution is 8.14. The van der Waals surface area contributed by atoms with Gasteiger partial charge in [-0.05, 0) is 98.5 Å². The number of thioether (sulfide) groups is 2. The van der Waals surface area contributed by atoms with E-state index >= 15 is 26.3 Å². The van der Waals surface area contributed by atoms with Gasteiger partial charge in [-0.15, -0.1) is 23.5 Å². The molecule has 0 amide bonds. The van der Waals surface area contributed by atoms with Crippen molar-refractivity contribution in [1.82, 2.24) is 0 Å². The Bertz CT molecular complexity index is 1520. The quantitative estimate of drug-likeness (QED) is 0.198. The highest BCUT2D eigenvalue weighted by Crippen LogP contribution is 2.75. The fourth-order valence-electron chi connectivity index (χ4n) is 6.17. The summed E-state index contributed by atoms with van der Waals surface area (Å²) in [5.41, 5.74) is 9.31. The maximum absolute atomic E-state index is 15.6. The lowest BCUT2D eigenvalue weighted by molar-refractivity contribution is -0.258. The Morgan fingerprint density at radius 1 is 0.600 bits per heavy atom. The molecule has 2 heterocycles. The lowest BCUT2D eigenvalue weighted by atomic mass is 9.71. The first-order valence-electron chi connectivity index (χ1n) is 14.5. The van der Waals surface area contributed by atoms with E-state index in [-0.39, 0.29) is 11.1 Å². The summed E-state index contributed by atoms with van der Waals surface area (Å²) in [5.74, 6) is -14.6. The van der Waals surface area contributed by atoms with Gasteiger partial charge >= 0.3 is 17.8 Å². The van der Waals surface area contributed by atoms with Crippen LogP contribution in [-0.2, 0) is 0 Å². The zero-order valence-corrected chi connectivity index (χ0v) is 26.2. The molecule has 4 nitrogen and oxygen atoms in total. The molecular formula is C33H32F6N2O2S2. The molecule has 4 aliphatic rings. The Labute approximate surface area is 266 Å². The van der Waals surface area contributed by atoms with Gasteiger partial charge in [-0.3, -0.25) is 0 Å². The molecule has 2 aromatic carbocycles. The summed E-state index contributed by atoms with van der Waals surface area (Å²) in [6.07, 6.45) is 4.09. The molecule has 4 N–H and O–H groups in total. The van der Waals surface area contributed by atoms with Crippen molar-refractivity contribution in [2.24, 2.45) is 11.5 Å². The van der Waals surface area contributed by atoms with Gasteiger partial charge in [0.1, 0.15) is 11.5 Å². The summed E-state index contributed by atoms with van der Waals surface area (Å²) < 4.78 is 101. The molecule has 1 fully saturated rings. The predicted molar refractivity (Wildman–Crippen MR) is 168 cm³/mol. The van der Waals surface area contributed by atoms with Crippen LogP contribution in [0.25, 0.3) is 9.81 Å². The molecule has 2 aromatic rings. The highest BCUT2D eigenvalue weighted by atomic mass is 32.2. The number of hydrogen-bond donors (Lipinski definition) is 2. The lowest BCUT2D eigenvalue weighted by Gasteiger charge is -2.47. The third kappa shape index (κ3) is 4.69. The maximum atomic E-state index is 15.6. The van der Waals surface area contributed by atoms with E-state index in [4.69, 9.17) is 20.9 Å². The van der Waals surface area contributed by atoms with Gasteiger partial charge in [0.2, 0.25) is 0 Å². The second-order valence-electron chi connectivity index (χ2n) is 11.6. The van der Waals surface area contributed by atoms with Crippen LogP contribution in [0.1, 0.15) is 37.8 Å². The van der Waals surface area contributed by atoms with Crippen molar-refractivity contribution in [3.63, 3.8) is 0 Å². The first-order valence-corrected chi connectivity index (χ1v) is 16.2. The Morgan fingerprint density at radius 2 is 0.956 bits per heavy atom. The van der Waals surface area contributed by atoms with Crippen LogP contribution in [0.3, 0.4) is 0 Å². The van der Waals surface area contributed by atoms with Crippen LogP contribution < -0.4 is 20.9 Å². The van der Waals surface area contributed by atoms with E-state index in [0.717, 1.165) is 0 Å². The van der Waals surface area contributed by atoms with E-state index in [0.29, 0.717) is 71.6 Å². The predicted octanol–water partition coefficient (Wildman–Crippen LogP) is 8.06. The van der Waals surface area contributed by atoms with Crippen molar-refractivity contribution in [2.45, 2.75) is 54.0 Å². The largest absolute Gasteiger partial charge is 0.494 e. The van der Waals surface area contributed by atoms with Crippen molar-refractivity contribution < 1.29 is 35.8 Å². The molecule has 2 aliphatic carbocycles. The Morgan fingerprint density at radius 3 is 1.29 bits per heavy atom. The van der Waals surface area contributed by atoms with E-state index in [1.807, 2.05) is 0 Å². The third-order valence-corrected chi connectivity index (χ3v) is 12.2. The third-order valence-electron chi connectivity index (χ3n) is 8.83. The molecule has 0 radical (unpaired) electrons. The Balaban J connectivity index is 1.45. The van der Waals surface area contributed by atoms with Crippen molar-refractivity contribution in [1.29, 1.82) is 0 Å². The standard InChI is InChI=1S/C33H32F6N2O2S2/c1-29-23(17-25(44-29)19-5-9-21(10-6-19)42-15-3-13-40)27-28(32(36,37)33(38,39)31(27,34)35)24-18-26(45-30(24,29)2)20-7-11-22(12-8-20)43-16-4-14-41/h5-12,17-18H,3-4,13-16,40-41H2,1-2H3/t29-,30-/m1/s1. The molecule has 0 unspecified atom stereocenters. The van der Waals surface area contributed by atoms with E-state index < -0.39 is 38.4 Å². The number of benzene rings is 2.